The molecule has 1 unspecified atom stereocenters. The second-order valence-electron chi connectivity index (χ2n) is 3.56. The minimum atomic E-state index is -4.10. The first-order chi connectivity index (χ1) is 7.35. The van der Waals surface area contributed by atoms with Crippen molar-refractivity contribution < 1.29 is 22.5 Å². The Balaban J connectivity index is 0. The lowest BCUT2D eigenvalue weighted by molar-refractivity contribution is -0.142. The number of ether oxygens (including phenoxy) is 1. The molecule has 0 bridgehead atoms. The number of unbranched alkanes of at least 4 members (excludes halogenated alkanes) is 2. The molecule has 0 aliphatic rings. The Hall–Kier alpha value is -0.920. The zero-order valence-electron chi connectivity index (χ0n) is 10.3. The largest absolute Gasteiger partial charge is 0.748 e. The van der Waals surface area contributed by atoms with Crippen molar-refractivity contribution in [1.29, 1.82) is 0 Å². The van der Waals surface area contributed by atoms with Gasteiger partial charge in [0.25, 0.3) is 0 Å². The van der Waals surface area contributed by atoms with Crippen molar-refractivity contribution in [3.63, 3.8) is 0 Å². The number of hydrogen-bond donors (Lipinski definition) is 1. The highest BCUT2D eigenvalue weighted by molar-refractivity contribution is 7.85. The van der Waals surface area contributed by atoms with Crippen LogP contribution in [0.3, 0.4) is 0 Å². The van der Waals surface area contributed by atoms with Crippen molar-refractivity contribution >= 4 is 16.1 Å². The van der Waals surface area contributed by atoms with Gasteiger partial charge < -0.3 is 15.4 Å². The lowest BCUT2D eigenvalue weighted by Crippen LogP contribution is -2.12. The SMILES string of the molecule is C=CC(=O)OC(C)CCCCCS(=O)(=O)[O-].[NH4+]. The lowest BCUT2D eigenvalue weighted by Gasteiger charge is -2.11. The molecule has 17 heavy (non-hydrogen) atoms. The predicted octanol–water partition coefficient (Wildman–Crippen LogP) is 1.59. The molecule has 102 valence electrons. The third-order valence-electron chi connectivity index (χ3n) is 1.99. The van der Waals surface area contributed by atoms with E-state index in [1.165, 1.54) is 0 Å². The molecule has 4 N–H and O–H groups in total. The molecule has 0 aromatic rings. The molecule has 0 aliphatic heterocycles. The predicted molar refractivity (Wildman–Crippen MR) is 64.8 cm³/mol. The maximum atomic E-state index is 10.8. The van der Waals surface area contributed by atoms with Gasteiger partial charge in [0.1, 0.15) is 0 Å². The molecule has 0 spiro atoms. The Kier molecular flexibility index (Phi) is 9.92. The first-order valence-electron chi connectivity index (χ1n) is 5.12. The van der Waals surface area contributed by atoms with Gasteiger partial charge in [-0.15, -0.1) is 0 Å². The van der Waals surface area contributed by atoms with E-state index in [1.54, 1.807) is 6.92 Å². The lowest BCUT2D eigenvalue weighted by atomic mass is 10.1. The van der Waals surface area contributed by atoms with Crippen LogP contribution in [0.15, 0.2) is 12.7 Å². The van der Waals surface area contributed by atoms with Crippen LogP contribution < -0.4 is 6.15 Å². The standard InChI is InChI=1S/C10H18O5S.H3N/c1-3-10(11)15-9(2)7-5-4-6-8-16(12,13)14;/h3,9H,1,4-8H2,2H3,(H,12,13,14);1H3. The van der Waals surface area contributed by atoms with Crippen molar-refractivity contribution in [2.45, 2.75) is 38.7 Å². The summed E-state index contributed by atoms with van der Waals surface area (Å²) in [6, 6.07) is 0. The smallest absolute Gasteiger partial charge is 0.330 e. The highest BCUT2D eigenvalue weighted by atomic mass is 32.2. The number of carbonyl (C=O) groups is 1. The Bertz CT molecular complexity index is 326. The Morgan fingerprint density at radius 3 is 2.47 bits per heavy atom. The van der Waals surface area contributed by atoms with Crippen LogP contribution in [0.4, 0.5) is 0 Å². The van der Waals surface area contributed by atoms with Gasteiger partial charge in [0.05, 0.1) is 16.2 Å². The zero-order valence-corrected chi connectivity index (χ0v) is 11.2. The average molecular weight is 267 g/mol. The van der Waals surface area contributed by atoms with Gasteiger partial charge in [0, 0.05) is 11.8 Å². The van der Waals surface area contributed by atoms with Gasteiger partial charge in [0.2, 0.25) is 0 Å². The van der Waals surface area contributed by atoms with Crippen molar-refractivity contribution in [2.24, 2.45) is 0 Å². The fraction of sp³-hybridized carbons (Fsp3) is 0.700. The third-order valence-corrected chi connectivity index (χ3v) is 2.78. The van der Waals surface area contributed by atoms with Gasteiger partial charge in [-0.3, -0.25) is 0 Å². The molecule has 6 nitrogen and oxygen atoms in total. The van der Waals surface area contributed by atoms with Crippen LogP contribution >= 0.6 is 0 Å². The molecule has 0 fully saturated rings. The fourth-order valence-corrected chi connectivity index (χ4v) is 1.75. The zero-order chi connectivity index (χ0) is 12.6. The molecule has 0 aliphatic carbocycles. The minimum Gasteiger partial charge on any atom is -0.748 e. The van der Waals surface area contributed by atoms with E-state index in [-0.39, 0.29) is 18.0 Å². The molecular formula is C10H21NO5S. The van der Waals surface area contributed by atoms with Crippen LogP contribution in [-0.4, -0.2) is 30.8 Å². The van der Waals surface area contributed by atoms with E-state index in [0.717, 1.165) is 12.5 Å². The highest BCUT2D eigenvalue weighted by Gasteiger charge is 2.05. The number of carbonyl (C=O) groups excluding carboxylic acids is 1. The fourth-order valence-electron chi connectivity index (χ4n) is 1.19. The Morgan fingerprint density at radius 2 is 2.00 bits per heavy atom. The summed E-state index contributed by atoms with van der Waals surface area (Å²) < 4.78 is 35.7. The van der Waals surface area contributed by atoms with Gasteiger partial charge in [-0.1, -0.05) is 13.0 Å². The van der Waals surface area contributed by atoms with Crippen molar-refractivity contribution in [3.8, 4) is 0 Å². The quantitative estimate of drug-likeness (QED) is 0.310. The summed E-state index contributed by atoms with van der Waals surface area (Å²) in [5.74, 6) is -0.789. The third kappa shape index (κ3) is 13.0. The van der Waals surface area contributed by atoms with Crippen molar-refractivity contribution in [1.82, 2.24) is 6.15 Å². The summed E-state index contributed by atoms with van der Waals surface area (Å²) in [6.07, 6.45) is 3.25. The monoisotopic (exact) mass is 267 g/mol. The summed E-state index contributed by atoms with van der Waals surface area (Å²) in [5, 5.41) is 0. The van der Waals surface area contributed by atoms with Gasteiger partial charge in [-0.05, 0) is 26.2 Å². The molecule has 0 saturated heterocycles. The van der Waals surface area contributed by atoms with Crippen LogP contribution in [-0.2, 0) is 19.6 Å². The average Bonchev–Trinajstić information content (AvgIpc) is 2.15. The van der Waals surface area contributed by atoms with Crippen LogP contribution in [0.1, 0.15) is 32.6 Å². The second-order valence-corrected chi connectivity index (χ2v) is 5.09. The maximum Gasteiger partial charge on any atom is 0.330 e. The Morgan fingerprint density at radius 1 is 1.41 bits per heavy atom. The highest BCUT2D eigenvalue weighted by Crippen LogP contribution is 2.07. The molecule has 0 aromatic heterocycles. The van der Waals surface area contributed by atoms with Crippen LogP contribution in [0.2, 0.25) is 0 Å². The summed E-state index contributed by atoms with van der Waals surface area (Å²) in [5.41, 5.74) is 0. The van der Waals surface area contributed by atoms with E-state index in [2.05, 4.69) is 6.58 Å². The maximum absolute atomic E-state index is 10.8. The molecule has 1 atom stereocenters. The molecular weight excluding hydrogens is 246 g/mol. The summed E-state index contributed by atoms with van der Waals surface area (Å²) in [4.78, 5) is 10.8. The Labute approximate surface area is 102 Å². The number of esters is 1. The van der Waals surface area contributed by atoms with E-state index in [0.29, 0.717) is 19.3 Å². The van der Waals surface area contributed by atoms with E-state index < -0.39 is 16.1 Å². The van der Waals surface area contributed by atoms with E-state index in [1.807, 2.05) is 0 Å². The molecule has 0 saturated carbocycles. The van der Waals surface area contributed by atoms with E-state index >= 15 is 0 Å². The van der Waals surface area contributed by atoms with Gasteiger partial charge in [-0.2, -0.15) is 0 Å². The molecule has 0 radical (unpaired) electrons. The second kappa shape index (κ2) is 9.15. The van der Waals surface area contributed by atoms with Gasteiger partial charge in [-0.25, -0.2) is 13.2 Å². The first kappa shape index (κ1) is 18.4. The molecule has 0 rings (SSSR count). The number of quaternary nitrogens is 1. The molecule has 7 heteroatoms. The summed E-state index contributed by atoms with van der Waals surface area (Å²) in [6.45, 7) is 5.03. The number of hydrogen-bond acceptors (Lipinski definition) is 5. The molecule has 0 amide bonds. The summed E-state index contributed by atoms with van der Waals surface area (Å²) in [7, 11) is -4.10. The van der Waals surface area contributed by atoms with E-state index in [9.17, 15) is 17.8 Å². The van der Waals surface area contributed by atoms with Crippen molar-refractivity contribution in [2.75, 3.05) is 5.75 Å². The summed E-state index contributed by atoms with van der Waals surface area (Å²) >= 11 is 0. The number of rotatable bonds is 8. The van der Waals surface area contributed by atoms with Crippen LogP contribution in [0.25, 0.3) is 0 Å². The molecule has 0 aromatic carbocycles. The topological polar surface area (TPSA) is 120 Å². The molecule has 0 heterocycles. The minimum absolute atomic E-state index is 0. The normalized spacial score (nSPS) is 12.4. The van der Waals surface area contributed by atoms with Gasteiger partial charge in [0.15, 0.2) is 0 Å². The first-order valence-corrected chi connectivity index (χ1v) is 6.69. The van der Waals surface area contributed by atoms with E-state index in [4.69, 9.17) is 4.74 Å². The van der Waals surface area contributed by atoms with Crippen LogP contribution in [0, 0.1) is 0 Å². The van der Waals surface area contributed by atoms with Crippen LogP contribution in [0.5, 0.6) is 0 Å². The van der Waals surface area contributed by atoms with Gasteiger partial charge >= 0.3 is 5.97 Å². The van der Waals surface area contributed by atoms with Crippen molar-refractivity contribution in [3.05, 3.63) is 12.7 Å².